The maximum atomic E-state index is 12.6. The van der Waals surface area contributed by atoms with Gasteiger partial charge in [-0.1, -0.05) is 28.5 Å². The summed E-state index contributed by atoms with van der Waals surface area (Å²) in [4.78, 5) is 8.71. The summed E-state index contributed by atoms with van der Waals surface area (Å²) in [5.41, 5.74) is 2.19. The van der Waals surface area contributed by atoms with E-state index < -0.39 is 11.7 Å². The van der Waals surface area contributed by atoms with E-state index in [9.17, 15) is 23.4 Å². The number of hydrogen-bond donors (Lipinski definition) is 2. The van der Waals surface area contributed by atoms with Crippen molar-refractivity contribution in [1.82, 2.24) is 20.3 Å². The number of ether oxygens (including phenoxy) is 2. The van der Waals surface area contributed by atoms with E-state index in [1.54, 1.807) is 60.7 Å². The minimum atomic E-state index is -4.39. The normalized spacial score (nSPS) is 11.0. The van der Waals surface area contributed by atoms with Crippen LogP contribution in [0.3, 0.4) is 0 Å². The second-order valence-electron chi connectivity index (χ2n) is 11.5. The van der Waals surface area contributed by atoms with Crippen LogP contribution in [0.1, 0.15) is 5.56 Å². The molecule has 0 aliphatic rings. The van der Waals surface area contributed by atoms with Gasteiger partial charge in [-0.15, -0.1) is 0 Å². The number of phenolic OH excluding ortho intramolecular Hbond substituents is 2. The first-order valence-corrected chi connectivity index (χ1v) is 16.2. The van der Waals surface area contributed by atoms with Gasteiger partial charge in [-0.2, -0.15) is 23.1 Å². The molecule has 0 spiro atoms. The number of aromatic hydroxyl groups is 2. The average molecular weight is 729 g/mol. The number of rotatable bonds is 8. The zero-order chi connectivity index (χ0) is 37.5. The molecule has 0 bridgehead atoms. The van der Waals surface area contributed by atoms with Crippen molar-refractivity contribution in [2.75, 3.05) is 0 Å². The lowest BCUT2D eigenvalue weighted by Crippen LogP contribution is -2.03. The van der Waals surface area contributed by atoms with Gasteiger partial charge in [0.15, 0.2) is 0 Å². The van der Waals surface area contributed by atoms with Gasteiger partial charge in [-0.25, -0.2) is 0 Å². The molecule has 2 heterocycles. The number of phenols is 2. The highest BCUT2D eigenvalue weighted by Crippen LogP contribution is 2.32. The Bertz CT molecular complexity index is 2420. The molecule has 2 N–H and O–H groups in total. The third kappa shape index (κ3) is 8.72. The van der Waals surface area contributed by atoms with E-state index in [4.69, 9.17) is 18.5 Å². The van der Waals surface area contributed by atoms with Crippen LogP contribution in [-0.2, 0) is 6.18 Å². The Labute approximate surface area is 305 Å². The van der Waals surface area contributed by atoms with Crippen LogP contribution >= 0.6 is 0 Å². The first-order chi connectivity index (χ1) is 26.2. The Morgan fingerprint density at radius 3 is 1.17 bits per heavy atom. The number of alkyl halides is 3. The zero-order valence-electron chi connectivity index (χ0n) is 27.9. The molecule has 0 aliphatic heterocycles. The van der Waals surface area contributed by atoms with Gasteiger partial charge in [0, 0.05) is 22.3 Å². The number of nitrogens with zero attached hydrogens (tertiary/aromatic N) is 4. The highest BCUT2D eigenvalue weighted by atomic mass is 19.4. The Balaban J connectivity index is 0.000000168. The number of para-hydroxylation sites is 1. The van der Waals surface area contributed by atoms with Crippen molar-refractivity contribution in [3.63, 3.8) is 0 Å². The molecule has 8 rings (SSSR count). The molecule has 10 nitrogen and oxygen atoms in total. The maximum absolute atomic E-state index is 12.6. The van der Waals surface area contributed by atoms with Crippen molar-refractivity contribution in [2.45, 2.75) is 6.18 Å². The van der Waals surface area contributed by atoms with Gasteiger partial charge in [0.25, 0.3) is 11.8 Å². The number of benzene rings is 6. The third-order valence-electron chi connectivity index (χ3n) is 7.70. The van der Waals surface area contributed by atoms with Crippen molar-refractivity contribution >= 4 is 0 Å². The molecule has 2 aromatic heterocycles. The van der Waals surface area contributed by atoms with Crippen molar-refractivity contribution in [2.24, 2.45) is 0 Å². The lowest BCUT2D eigenvalue weighted by molar-refractivity contribution is -0.137. The molecule has 8 aromatic rings. The Kier molecular flexibility index (Phi) is 10.0. The standard InChI is InChI=1S/C21H13F3N2O3.C20H14N2O3/c22-21(23,24)15-5-11-18(12-6-15)28-17-9-3-13(4-10-17)19-25-20(29-26-19)14-1-7-16(27)8-2-14;23-16-10-6-15(7-11-16)20-21-19(22-25-20)14-8-12-18(13-9-14)24-17-4-2-1-3-5-17/h1-12,27H;1-13,23H. The highest BCUT2D eigenvalue weighted by Gasteiger charge is 2.30. The van der Waals surface area contributed by atoms with Crippen LogP contribution in [0.2, 0.25) is 0 Å². The minimum absolute atomic E-state index is 0.136. The summed E-state index contributed by atoms with van der Waals surface area (Å²) < 4.78 is 59.7. The summed E-state index contributed by atoms with van der Waals surface area (Å²) in [5, 5.41) is 26.6. The van der Waals surface area contributed by atoms with Crippen LogP contribution in [0.5, 0.6) is 34.5 Å². The second-order valence-corrected chi connectivity index (χ2v) is 11.5. The molecule has 0 saturated carbocycles. The fourth-order valence-corrected chi connectivity index (χ4v) is 4.94. The highest BCUT2D eigenvalue weighted by molar-refractivity contribution is 5.62. The van der Waals surface area contributed by atoms with Gasteiger partial charge in [-0.05, 0) is 133 Å². The molecule has 0 saturated heterocycles. The van der Waals surface area contributed by atoms with E-state index in [-0.39, 0.29) is 11.5 Å². The molecule has 54 heavy (non-hydrogen) atoms. The Morgan fingerprint density at radius 2 is 0.778 bits per heavy atom. The quantitative estimate of drug-likeness (QED) is 0.155. The average Bonchev–Trinajstić information content (AvgIpc) is 3.89. The summed E-state index contributed by atoms with van der Waals surface area (Å²) in [6, 6.07) is 41.2. The van der Waals surface area contributed by atoms with Gasteiger partial charge in [0.2, 0.25) is 11.6 Å². The predicted octanol–water partition coefficient (Wildman–Crippen LogP) is 10.8. The molecule has 13 heteroatoms. The summed E-state index contributed by atoms with van der Waals surface area (Å²) in [6.45, 7) is 0. The zero-order valence-corrected chi connectivity index (χ0v) is 27.9. The smallest absolute Gasteiger partial charge is 0.416 e. The largest absolute Gasteiger partial charge is 0.508 e. The molecule has 0 radical (unpaired) electrons. The van der Waals surface area contributed by atoms with E-state index in [0.29, 0.717) is 46.1 Å². The Hall–Kier alpha value is -7.41. The van der Waals surface area contributed by atoms with Gasteiger partial charge in [0.05, 0.1) is 5.56 Å². The second kappa shape index (κ2) is 15.5. The van der Waals surface area contributed by atoms with E-state index in [0.717, 1.165) is 34.8 Å². The molecular weight excluding hydrogens is 701 g/mol. The predicted molar refractivity (Wildman–Crippen MR) is 192 cm³/mol. The van der Waals surface area contributed by atoms with Crippen LogP contribution in [0.4, 0.5) is 13.2 Å². The molecule has 0 amide bonds. The lowest BCUT2D eigenvalue weighted by Gasteiger charge is -2.09. The van der Waals surface area contributed by atoms with E-state index in [1.807, 2.05) is 54.6 Å². The van der Waals surface area contributed by atoms with Crippen molar-refractivity contribution < 1.29 is 41.9 Å². The molecular formula is C41H27F3N4O6. The van der Waals surface area contributed by atoms with Gasteiger partial charge in [-0.3, -0.25) is 0 Å². The topological polar surface area (TPSA) is 137 Å². The minimum Gasteiger partial charge on any atom is -0.508 e. The number of aromatic nitrogens is 4. The first kappa shape index (κ1) is 35.0. The molecule has 0 atom stereocenters. The van der Waals surface area contributed by atoms with Crippen LogP contribution < -0.4 is 9.47 Å². The number of halogens is 3. The first-order valence-electron chi connectivity index (χ1n) is 16.2. The van der Waals surface area contributed by atoms with Gasteiger partial charge in [0.1, 0.15) is 34.5 Å². The third-order valence-corrected chi connectivity index (χ3v) is 7.70. The summed E-state index contributed by atoms with van der Waals surface area (Å²) >= 11 is 0. The molecule has 268 valence electrons. The summed E-state index contributed by atoms with van der Waals surface area (Å²) in [6.07, 6.45) is -4.39. The summed E-state index contributed by atoms with van der Waals surface area (Å²) in [7, 11) is 0. The fraction of sp³-hybridized carbons (Fsp3) is 0.0244. The molecule has 0 aliphatic carbocycles. The van der Waals surface area contributed by atoms with Crippen molar-refractivity contribution in [1.29, 1.82) is 0 Å². The lowest BCUT2D eigenvalue weighted by atomic mass is 10.2. The fourth-order valence-electron chi connectivity index (χ4n) is 4.94. The van der Waals surface area contributed by atoms with Gasteiger partial charge < -0.3 is 28.7 Å². The van der Waals surface area contributed by atoms with Gasteiger partial charge >= 0.3 is 6.18 Å². The van der Waals surface area contributed by atoms with Crippen molar-refractivity contribution in [3.8, 4) is 80.2 Å². The van der Waals surface area contributed by atoms with Crippen LogP contribution in [-0.4, -0.2) is 30.5 Å². The maximum Gasteiger partial charge on any atom is 0.416 e. The monoisotopic (exact) mass is 728 g/mol. The molecule has 0 unspecified atom stereocenters. The van der Waals surface area contributed by atoms with Crippen molar-refractivity contribution in [3.05, 3.63) is 157 Å². The van der Waals surface area contributed by atoms with E-state index in [2.05, 4.69) is 20.3 Å². The molecule has 0 fully saturated rings. The van der Waals surface area contributed by atoms with Crippen LogP contribution in [0.25, 0.3) is 45.7 Å². The van der Waals surface area contributed by atoms with E-state index >= 15 is 0 Å². The number of hydrogen-bond acceptors (Lipinski definition) is 10. The van der Waals surface area contributed by atoms with E-state index in [1.165, 1.54) is 24.3 Å². The van der Waals surface area contributed by atoms with Crippen LogP contribution in [0, 0.1) is 0 Å². The Morgan fingerprint density at radius 1 is 0.426 bits per heavy atom. The molecule has 6 aromatic carbocycles. The van der Waals surface area contributed by atoms with Crippen LogP contribution in [0.15, 0.2) is 161 Å². The summed E-state index contributed by atoms with van der Waals surface area (Å²) in [5.74, 6) is 4.17. The SMILES string of the molecule is Oc1ccc(-c2nc(-c3ccc(Oc4ccc(C(F)(F)F)cc4)cc3)no2)cc1.Oc1ccc(-c2nc(-c3ccc(Oc4ccccc4)cc3)no2)cc1.